The summed E-state index contributed by atoms with van der Waals surface area (Å²) in [7, 11) is 0. The Morgan fingerprint density at radius 2 is 2.08 bits per heavy atom. The Kier molecular flexibility index (Phi) is 4.03. The van der Waals surface area contributed by atoms with Crippen molar-refractivity contribution in [3.8, 4) is 5.75 Å². The van der Waals surface area contributed by atoms with Crippen molar-refractivity contribution < 1.29 is 18.6 Å². The number of imidazole rings is 1. The van der Waals surface area contributed by atoms with Gasteiger partial charge >= 0.3 is 6.61 Å². The van der Waals surface area contributed by atoms with Crippen LogP contribution in [0.25, 0.3) is 5.65 Å². The molecule has 2 aromatic heterocycles. The molecule has 3 heterocycles. The van der Waals surface area contributed by atoms with Gasteiger partial charge in [0.05, 0.1) is 17.4 Å². The second kappa shape index (κ2) is 6.21. The molecule has 0 radical (unpaired) electrons. The number of rotatable bonds is 3. The van der Waals surface area contributed by atoms with Gasteiger partial charge in [0.1, 0.15) is 17.0 Å². The van der Waals surface area contributed by atoms with Crippen LogP contribution in [0.15, 0.2) is 36.4 Å². The minimum absolute atomic E-state index is 0.0503. The van der Waals surface area contributed by atoms with Crippen molar-refractivity contribution >= 4 is 17.2 Å². The molecule has 4 rings (SSSR count). The lowest BCUT2D eigenvalue weighted by Crippen LogP contribution is -2.35. The van der Waals surface area contributed by atoms with Crippen LogP contribution in [0.2, 0.25) is 5.15 Å². The maximum Gasteiger partial charge on any atom is 0.387 e. The molecule has 2 atom stereocenters. The number of para-hydroxylation sites is 1. The molecule has 0 unspecified atom stereocenters. The van der Waals surface area contributed by atoms with Crippen molar-refractivity contribution in [2.24, 2.45) is 0 Å². The number of aromatic nitrogens is 3. The van der Waals surface area contributed by atoms with E-state index in [1.165, 1.54) is 10.6 Å². The smallest absolute Gasteiger partial charge is 0.387 e. The second-order valence-corrected chi connectivity index (χ2v) is 5.97. The van der Waals surface area contributed by atoms with E-state index < -0.39 is 18.8 Å². The van der Waals surface area contributed by atoms with Crippen molar-refractivity contribution in [3.63, 3.8) is 0 Å². The fraction of sp³-hybridized carbons (Fsp3) is 0.250. The maximum atomic E-state index is 12.7. The fourth-order valence-electron chi connectivity index (χ4n) is 3.06. The van der Waals surface area contributed by atoms with Gasteiger partial charge in [-0.05, 0) is 18.2 Å². The van der Waals surface area contributed by atoms with Crippen LogP contribution in [0.4, 0.5) is 8.78 Å². The quantitative estimate of drug-likeness (QED) is 0.745. The summed E-state index contributed by atoms with van der Waals surface area (Å²) >= 11 is 5.98. The Morgan fingerprint density at radius 3 is 2.88 bits per heavy atom. The summed E-state index contributed by atoms with van der Waals surface area (Å²) in [5, 5.41) is 17.9. The summed E-state index contributed by atoms with van der Waals surface area (Å²) in [6.45, 7) is -2.72. The molecule has 3 aromatic rings. The van der Waals surface area contributed by atoms with Crippen LogP contribution < -0.4 is 10.1 Å². The van der Waals surface area contributed by atoms with Gasteiger partial charge in [0.2, 0.25) is 0 Å². The molecule has 0 fully saturated rings. The van der Waals surface area contributed by atoms with Gasteiger partial charge in [0, 0.05) is 12.1 Å². The zero-order valence-corrected chi connectivity index (χ0v) is 13.5. The number of aliphatic hydroxyl groups excluding tert-OH is 1. The molecule has 0 amide bonds. The zero-order valence-electron chi connectivity index (χ0n) is 12.7. The lowest BCUT2D eigenvalue weighted by molar-refractivity contribution is -0.0507. The van der Waals surface area contributed by atoms with E-state index in [0.717, 1.165) is 0 Å². The van der Waals surface area contributed by atoms with Crippen LogP contribution in [0.5, 0.6) is 5.75 Å². The van der Waals surface area contributed by atoms with Crippen molar-refractivity contribution in [1.82, 2.24) is 19.9 Å². The minimum atomic E-state index is -2.94. The van der Waals surface area contributed by atoms with Crippen molar-refractivity contribution in [3.05, 3.63) is 58.5 Å². The van der Waals surface area contributed by atoms with E-state index in [0.29, 0.717) is 22.6 Å². The summed E-state index contributed by atoms with van der Waals surface area (Å²) in [4.78, 5) is 4.40. The number of fused-ring (bicyclic) bond motifs is 3. The standard InChI is InChI=1S/C16H13ClF2N4O2/c17-11-5-6-12-21-14-9(24)7-20-13(15(14)23(12)22-11)8-3-1-2-4-10(8)25-16(18)19/h1-6,9,13,16,20,24H,7H2/t9-,13-/m1/s1. The number of β-amino-alcohol motifs (C(OH)–C–C–N with tert-alkyl or cyclic N) is 1. The third-order valence-corrected chi connectivity index (χ3v) is 4.26. The molecule has 0 saturated heterocycles. The van der Waals surface area contributed by atoms with E-state index in [4.69, 9.17) is 11.6 Å². The molecule has 0 bridgehead atoms. The number of aliphatic hydroxyl groups is 1. The van der Waals surface area contributed by atoms with E-state index in [9.17, 15) is 13.9 Å². The largest absolute Gasteiger partial charge is 0.434 e. The predicted molar refractivity (Wildman–Crippen MR) is 85.9 cm³/mol. The van der Waals surface area contributed by atoms with Gasteiger partial charge in [-0.15, -0.1) is 0 Å². The summed E-state index contributed by atoms with van der Waals surface area (Å²) in [6, 6.07) is 9.23. The van der Waals surface area contributed by atoms with E-state index in [1.54, 1.807) is 30.3 Å². The van der Waals surface area contributed by atoms with Crippen LogP contribution >= 0.6 is 11.6 Å². The van der Waals surface area contributed by atoms with Gasteiger partial charge < -0.3 is 15.2 Å². The third-order valence-electron chi connectivity index (χ3n) is 4.06. The molecule has 0 aliphatic carbocycles. The molecule has 130 valence electrons. The third kappa shape index (κ3) is 2.82. The van der Waals surface area contributed by atoms with Crippen LogP contribution in [0.3, 0.4) is 0 Å². The maximum absolute atomic E-state index is 12.7. The minimum Gasteiger partial charge on any atom is -0.434 e. The number of nitrogens with zero attached hydrogens (tertiary/aromatic N) is 3. The number of halogens is 3. The summed E-state index contributed by atoms with van der Waals surface area (Å²) in [6.07, 6.45) is -0.838. The van der Waals surface area contributed by atoms with Gasteiger partial charge in [0.15, 0.2) is 5.65 Å². The Morgan fingerprint density at radius 1 is 1.28 bits per heavy atom. The van der Waals surface area contributed by atoms with E-state index in [2.05, 4.69) is 20.1 Å². The highest BCUT2D eigenvalue weighted by Crippen LogP contribution is 2.37. The highest BCUT2D eigenvalue weighted by atomic mass is 35.5. The van der Waals surface area contributed by atoms with Crippen LogP contribution in [-0.4, -0.2) is 32.9 Å². The first kappa shape index (κ1) is 16.2. The van der Waals surface area contributed by atoms with Crippen LogP contribution in [-0.2, 0) is 0 Å². The molecular formula is C16H13ClF2N4O2. The zero-order chi connectivity index (χ0) is 17.6. The van der Waals surface area contributed by atoms with E-state index in [-0.39, 0.29) is 17.4 Å². The molecule has 1 aliphatic rings. The number of benzene rings is 1. The van der Waals surface area contributed by atoms with Crippen molar-refractivity contribution in [2.45, 2.75) is 18.8 Å². The number of alkyl halides is 2. The first-order chi connectivity index (χ1) is 12.0. The average molecular weight is 367 g/mol. The SMILES string of the molecule is O[C@@H]1CN[C@H](c2ccccc2OC(F)F)c2c1nc1ccc(Cl)nn21. The van der Waals surface area contributed by atoms with Crippen molar-refractivity contribution in [1.29, 1.82) is 0 Å². The van der Waals surface area contributed by atoms with Crippen LogP contribution in [0.1, 0.15) is 29.1 Å². The normalized spacial score (nSPS) is 20.0. The lowest BCUT2D eigenvalue weighted by atomic mass is 9.96. The van der Waals surface area contributed by atoms with E-state index in [1.807, 2.05) is 0 Å². The van der Waals surface area contributed by atoms with Crippen LogP contribution in [0, 0.1) is 0 Å². The molecular weight excluding hydrogens is 354 g/mol. The molecule has 1 aromatic carbocycles. The lowest BCUT2D eigenvalue weighted by Gasteiger charge is -2.28. The fourth-order valence-corrected chi connectivity index (χ4v) is 3.20. The second-order valence-electron chi connectivity index (χ2n) is 5.58. The first-order valence-electron chi connectivity index (χ1n) is 7.55. The molecule has 2 N–H and O–H groups in total. The Bertz CT molecular complexity index is 934. The van der Waals surface area contributed by atoms with Gasteiger partial charge in [-0.25, -0.2) is 9.50 Å². The number of nitrogens with one attached hydrogen (secondary N) is 1. The summed E-state index contributed by atoms with van der Waals surface area (Å²) in [5.74, 6) is 0.0503. The monoisotopic (exact) mass is 366 g/mol. The van der Waals surface area contributed by atoms with Crippen molar-refractivity contribution in [2.75, 3.05) is 6.54 Å². The Balaban J connectivity index is 1.91. The van der Waals surface area contributed by atoms with Gasteiger partial charge in [-0.3, -0.25) is 0 Å². The Hall–Kier alpha value is -2.29. The molecule has 6 nitrogen and oxygen atoms in total. The molecule has 25 heavy (non-hydrogen) atoms. The summed E-state index contributed by atoms with van der Waals surface area (Å²) < 4.78 is 31.6. The predicted octanol–water partition coefficient (Wildman–Crippen LogP) is 2.71. The Labute approximate surface area is 146 Å². The molecule has 1 aliphatic heterocycles. The number of hydrogen-bond acceptors (Lipinski definition) is 5. The summed E-state index contributed by atoms with van der Waals surface area (Å²) in [5.41, 5.74) is 1.99. The first-order valence-corrected chi connectivity index (χ1v) is 7.92. The van der Waals surface area contributed by atoms with Gasteiger partial charge in [0.25, 0.3) is 0 Å². The molecule has 0 saturated carbocycles. The number of hydrogen-bond donors (Lipinski definition) is 2. The molecule has 9 heteroatoms. The number of ether oxygens (including phenoxy) is 1. The molecule has 0 spiro atoms. The van der Waals surface area contributed by atoms with Gasteiger partial charge in [-0.1, -0.05) is 29.8 Å². The van der Waals surface area contributed by atoms with Gasteiger partial charge in [-0.2, -0.15) is 13.9 Å². The highest BCUT2D eigenvalue weighted by Gasteiger charge is 2.34. The van der Waals surface area contributed by atoms with E-state index >= 15 is 0 Å². The topological polar surface area (TPSA) is 71.7 Å². The highest BCUT2D eigenvalue weighted by molar-refractivity contribution is 6.29. The average Bonchev–Trinajstić information content (AvgIpc) is 2.95.